The van der Waals surface area contributed by atoms with E-state index in [1.165, 1.54) is 6.08 Å². The van der Waals surface area contributed by atoms with Gasteiger partial charge in [-0.2, -0.15) is 4.98 Å². The minimum absolute atomic E-state index is 0.00136. The molecule has 1 aliphatic carbocycles. The number of nitrogens with zero attached hydrogens (tertiary/aromatic N) is 4. The number of aromatic nitrogens is 2. The molecule has 1 fully saturated rings. The zero-order chi connectivity index (χ0) is 25.6. The number of benzene rings is 1. The summed E-state index contributed by atoms with van der Waals surface area (Å²) in [7, 11) is 0. The smallest absolute Gasteiger partial charge is 0.247 e. The van der Waals surface area contributed by atoms with Crippen LogP contribution in [0.3, 0.4) is 0 Å². The number of carbonyl (C=O) groups is 1. The number of anilines is 3. The quantitative estimate of drug-likeness (QED) is 0.484. The molecule has 1 aromatic heterocycles. The van der Waals surface area contributed by atoms with Gasteiger partial charge in [0.05, 0.1) is 25.5 Å². The van der Waals surface area contributed by atoms with Crippen LogP contribution in [-0.4, -0.2) is 66.3 Å². The van der Waals surface area contributed by atoms with Crippen molar-refractivity contribution in [1.82, 2.24) is 20.2 Å². The van der Waals surface area contributed by atoms with Crippen LogP contribution in [-0.2, 0) is 9.53 Å². The molecule has 1 aromatic carbocycles. The second-order valence-corrected chi connectivity index (χ2v) is 9.22. The van der Waals surface area contributed by atoms with Crippen LogP contribution in [0.1, 0.15) is 0 Å². The van der Waals surface area contributed by atoms with E-state index in [-0.39, 0.29) is 17.9 Å². The Balaban J connectivity index is 1.19. The van der Waals surface area contributed by atoms with Gasteiger partial charge in [0, 0.05) is 43.1 Å². The van der Waals surface area contributed by atoms with Gasteiger partial charge in [0.2, 0.25) is 11.9 Å². The SMILES string of the molecule is C=CC(=O)NC1=CC2C=CN(c3nc(Nc4ccc(OCCN5CCOCC5)cc4)ncc3Cl)C2C=C1. The number of nitrogens with one attached hydrogen (secondary N) is 2. The Morgan fingerprint density at radius 3 is 2.84 bits per heavy atom. The normalized spacial score (nSPS) is 20.8. The molecule has 2 N–H and O–H groups in total. The van der Waals surface area contributed by atoms with Gasteiger partial charge in [-0.05, 0) is 36.4 Å². The molecule has 0 radical (unpaired) electrons. The van der Waals surface area contributed by atoms with Crippen molar-refractivity contribution < 1.29 is 14.3 Å². The van der Waals surface area contributed by atoms with Crippen molar-refractivity contribution in [3.63, 3.8) is 0 Å². The Morgan fingerprint density at radius 2 is 2.05 bits per heavy atom. The fraction of sp³-hybridized carbons (Fsp3) is 0.296. The standard InChI is InChI=1S/C27H29ClN6O3/c1-2-25(35)30-21-5-8-24-19(17-21)9-10-34(24)26-23(28)18-29-27(32-26)31-20-3-6-22(7-4-20)37-16-13-33-11-14-36-15-12-33/h2-10,17-19,24H,1,11-16H2,(H,30,35)(H,29,31,32). The van der Waals surface area contributed by atoms with E-state index in [1.807, 2.05) is 53.6 Å². The number of hydrogen-bond acceptors (Lipinski definition) is 8. The van der Waals surface area contributed by atoms with Crippen LogP contribution < -0.4 is 20.3 Å². The van der Waals surface area contributed by atoms with E-state index in [1.54, 1.807) is 6.20 Å². The summed E-state index contributed by atoms with van der Waals surface area (Å²) in [6, 6.07) is 7.71. The maximum Gasteiger partial charge on any atom is 0.247 e. The van der Waals surface area contributed by atoms with Gasteiger partial charge in [0.15, 0.2) is 5.82 Å². The van der Waals surface area contributed by atoms with Gasteiger partial charge in [-0.1, -0.05) is 36.4 Å². The van der Waals surface area contributed by atoms with Crippen LogP contribution in [0.2, 0.25) is 5.02 Å². The molecule has 5 rings (SSSR count). The van der Waals surface area contributed by atoms with Crippen molar-refractivity contribution in [3.8, 4) is 5.75 Å². The lowest BCUT2D eigenvalue weighted by Crippen LogP contribution is -2.38. The van der Waals surface area contributed by atoms with Crippen molar-refractivity contribution in [2.75, 3.05) is 49.7 Å². The highest BCUT2D eigenvalue weighted by atomic mass is 35.5. The maximum absolute atomic E-state index is 11.6. The maximum atomic E-state index is 11.6. The van der Waals surface area contributed by atoms with Crippen LogP contribution in [0.5, 0.6) is 5.75 Å². The summed E-state index contributed by atoms with van der Waals surface area (Å²) in [6.07, 6.45) is 12.7. The van der Waals surface area contributed by atoms with Crippen molar-refractivity contribution in [2.45, 2.75) is 6.04 Å². The number of hydrogen-bond donors (Lipinski definition) is 2. The first-order valence-corrected chi connectivity index (χ1v) is 12.6. The molecule has 1 saturated heterocycles. The van der Waals surface area contributed by atoms with Crippen LogP contribution >= 0.6 is 11.6 Å². The summed E-state index contributed by atoms with van der Waals surface area (Å²) in [4.78, 5) is 25.0. The van der Waals surface area contributed by atoms with E-state index in [0.29, 0.717) is 23.4 Å². The van der Waals surface area contributed by atoms with E-state index >= 15 is 0 Å². The topological polar surface area (TPSA) is 91.9 Å². The van der Waals surface area contributed by atoms with Crippen LogP contribution in [0.25, 0.3) is 0 Å². The summed E-state index contributed by atoms with van der Waals surface area (Å²) in [5.41, 5.74) is 1.58. The molecule has 3 aliphatic rings. The van der Waals surface area contributed by atoms with Crippen molar-refractivity contribution >= 4 is 35.0 Å². The zero-order valence-corrected chi connectivity index (χ0v) is 21.1. The van der Waals surface area contributed by atoms with Crippen LogP contribution in [0.15, 0.2) is 79.3 Å². The highest BCUT2D eigenvalue weighted by molar-refractivity contribution is 6.32. The molecule has 0 saturated carbocycles. The van der Waals surface area contributed by atoms with E-state index in [0.717, 1.165) is 50.0 Å². The van der Waals surface area contributed by atoms with Gasteiger partial charge in [0.1, 0.15) is 17.4 Å². The third-order valence-electron chi connectivity index (χ3n) is 6.34. The first-order valence-electron chi connectivity index (χ1n) is 12.2. The molecule has 2 atom stereocenters. The Labute approximate surface area is 221 Å². The van der Waals surface area contributed by atoms with E-state index < -0.39 is 0 Å². The van der Waals surface area contributed by atoms with Crippen LogP contribution in [0, 0.1) is 5.92 Å². The average Bonchev–Trinajstić information content (AvgIpc) is 3.34. The summed E-state index contributed by atoms with van der Waals surface area (Å²) in [6.45, 7) is 8.48. The molecule has 3 heterocycles. The number of carbonyl (C=O) groups excluding carboxylic acids is 1. The highest BCUT2D eigenvalue weighted by Gasteiger charge is 2.31. The molecule has 2 aliphatic heterocycles. The van der Waals surface area contributed by atoms with Gasteiger partial charge in [-0.15, -0.1) is 0 Å². The molecule has 2 unspecified atom stereocenters. The monoisotopic (exact) mass is 520 g/mol. The third kappa shape index (κ3) is 6.19. The van der Waals surface area contributed by atoms with Gasteiger partial charge >= 0.3 is 0 Å². The second-order valence-electron chi connectivity index (χ2n) is 8.81. The summed E-state index contributed by atoms with van der Waals surface area (Å²) < 4.78 is 11.3. The number of amides is 1. The molecular weight excluding hydrogens is 492 g/mol. The number of allylic oxidation sites excluding steroid dienone is 1. The number of rotatable bonds is 9. The number of ether oxygens (including phenoxy) is 2. The molecule has 9 nitrogen and oxygen atoms in total. The van der Waals surface area contributed by atoms with Crippen molar-refractivity contribution in [1.29, 1.82) is 0 Å². The van der Waals surface area contributed by atoms with E-state index in [4.69, 9.17) is 21.1 Å². The lowest BCUT2D eigenvalue weighted by atomic mass is 9.95. The average molecular weight is 521 g/mol. The van der Waals surface area contributed by atoms with Gasteiger partial charge in [-0.3, -0.25) is 9.69 Å². The molecule has 10 heteroatoms. The van der Waals surface area contributed by atoms with Crippen molar-refractivity contribution in [3.05, 3.63) is 84.3 Å². The minimum atomic E-state index is -0.240. The predicted molar refractivity (Wildman–Crippen MR) is 144 cm³/mol. The van der Waals surface area contributed by atoms with Gasteiger partial charge in [-0.25, -0.2) is 4.98 Å². The molecule has 0 bridgehead atoms. The number of halogens is 1. The predicted octanol–water partition coefficient (Wildman–Crippen LogP) is 3.66. The summed E-state index contributed by atoms with van der Waals surface area (Å²) in [5, 5.41) is 6.49. The lowest BCUT2D eigenvalue weighted by Gasteiger charge is -2.28. The number of morpholine rings is 1. The molecule has 0 spiro atoms. The summed E-state index contributed by atoms with van der Waals surface area (Å²) in [5.74, 6) is 1.68. The largest absolute Gasteiger partial charge is 0.492 e. The van der Waals surface area contributed by atoms with Gasteiger partial charge in [0.25, 0.3) is 0 Å². The molecule has 37 heavy (non-hydrogen) atoms. The Bertz CT molecular complexity index is 1220. The Kier molecular flexibility index (Phi) is 7.84. The highest BCUT2D eigenvalue weighted by Crippen LogP contribution is 2.35. The molecule has 1 amide bonds. The fourth-order valence-corrected chi connectivity index (χ4v) is 4.59. The number of fused-ring (bicyclic) bond motifs is 1. The minimum Gasteiger partial charge on any atom is -0.492 e. The van der Waals surface area contributed by atoms with Crippen molar-refractivity contribution in [2.24, 2.45) is 5.92 Å². The first-order chi connectivity index (χ1) is 18.1. The van der Waals surface area contributed by atoms with Gasteiger partial charge < -0.3 is 25.0 Å². The van der Waals surface area contributed by atoms with E-state index in [9.17, 15) is 4.79 Å². The first kappa shape index (κ1) is 25.0. The lowest BCUT2D eigenvalue weighted by molar-refractivity contribution is -0.115. The summed E-state index contributed by atoms with van der Waals surface area (Å²) >= 11 is 6.49. The Morgan fingerprint density at radius 1 is 1.24 bits per heavy atom. The Hall–Kier alpha value is -3.66. The molecular formula is C27H29ClN6O3. The molecule has 2 aromatic rings. The molecule has 192 valence electrons. The second kappa shape index (κ2) is 11.6. The van der Waals surface area contributed by atoms with E-state index in [2.05, 4.69) is 38.2 Å². The zero-order valence-electron chi connectivity index (χ0n) is 20.3. The fourth-order valence-electron chi connectivity index (χ4n) is 4.40. The third-order valence-corrected chi connectivity index (χ3v) is 6.61. The van der Waals surface area contributed by atoms with Crippen LogP contribution in [0.4, 0.5) is 17.5 Å².